The highest BCUT2D eigenvalue weighted by molar-refractivity contribution is 5.53. The van der Waals surface area contributed by atoms with Crippen molar-refractivity contribution in [3.8, 4) is 0 Å². The van der Waals surface area contributed by atoms with Crippen LogP contribution in [0.25, 0.3) is 0 Å². The van der Waals surface area contributed by atoms with Gasteiger partial charge in [0.2, 0.25) is 0 Å². The van der Waals surface area contributed by atoms with Crippen LogP contribution in [0.5, 0.6) is 0 Å². The molecule has 0 aliphatic rings. The molecule has 0 amide bonds. The van der Waals surface area contributed by atoms with Gasteiger partial charge in [0.1, 0.15) is 0 Å². The molecule has 1 aromatic rings. The van der Waals surface area contributed by atoms with E-state index in [1.54, 1.807) is 0 Å². The molecule has 0 aliphatic heterocycles. The van der Waals surface area contributed by atoms with Crippen molar-refractivity contribution < 1.29 is 0 Å². The summed E-state index contributed by atoms with van der Waals surface area (Å²) >= 11 is 0. The first-order valence-corrected chi connectivity index (χ1v) is 6.69. The van der Waals surface area contributed by atoms with E-state index in [2.05, 4.69) is 35.5 Å². The van der Waals surface area contributed by atoms with Gasteiger partial charge in [0, 0.05) is 13.1 Å². The second-order valence-electron chi connectivity index (χ2n) is 4.48. The van der Waals surface area contributed by atoms with Gasteiger partial charge in [-0.05, 0) is 18.9 Å². The van der Waals surface area contributed by atoms with Gasteiger partial charge in [0.05, 0.1) is 23.8 Å². The molecule has 17 heavy (non-hydrogen) atoms. The van der Waals surface area contributed by atoms with E-state index < -0.39 is 0 Å². The van der Waals surface area contributed by atoms with E-state index in [4.69, 9.17) is 0 Å². The quantitative estimate of drug-likeness (QED) is 0.717. The van der Waals surface area contributed by atoms with Crippen LogP contribution in [0.3, 0.4) is 0 Å². The molecule has 1 heterocycles. The first-order chi connectivity index (χ1) is 8.30. The molecular formula is C14H25N3. The summed E-state index contributed by atoms with van der Waals surface area (Å²) in [6, 6.07) is 2.69. The Labute approximate surface area is 105 Å². The maximum atomic E-state index is 4.22. The molecule has 0 saturated heterocycles. The standard InChI is InChI=1S/C14H25N3/c1-4-6-8-12(7-5-2)17-14-9-13(15-3)10-16-11-14/h9-12,15,17H,4-8H2,1-3H3. The lowest BCUT2D eigenvalue weighted by atomic mass is 10.0. The van der Waals surface area contributed by atoms with Crippen LogP contribution < -0.4 is 10.6 Å². The summed E-state index contributed by atoms with van der Waals surface area (Å²) in [4.78, 5) is 4.22. The lowest BCUT2D eigenvalue weighted by Gasteiger charge is -2.19. The van der Waals surface area contributed by atoms with Crippen LogP contribution in [0.15, 0.2) is 18.5 Å². The maximum Gasteiger partial charge on any atom is 0.0549 e. The smallest absolute Gasteiger partial charge is 0.0549 e. The zero-order valence-corrected chi connectivity index (χ0v) is 11.3. The SMILES string of the molecule is CCCCC(CCC)Nc1cncc(NC)c1. The largest absolute Gasteiger partial charge is 0.387 e. The van der Waals surface area contributed by atoms with Crippen LogP contribution in [0, 0.1) is 0 Å². The van der Waals surface area contributed by atoms with E-state index in [-0.39, 0.29) is 0 Å². The lowest BCUT2D eigenvalue weighted by Crippen LogP contribution is -2.19. The summed E-state index contributed by atoms with van der Waals surface area (Å²) in [5, 5.41) is 6.70. The summed E-state index contributed by atoms with van der Waals surface area (Å²) in [5.41, 5.74) is 2.17. The summed E-state index contributed by atoms with van der Waals surface area (Å²) in [6.45, 7) is 4.48. The van der Waals surface area contributed by atoms with Crippen LogP contribution >= 0.6 is 0 Å². The second-order valence-corrected chi connectivity index (χ2v) is 4.48. The number of hydrogen-bond donors (Lipinski definition) is 2. The van der Waals surface area contributed by atoms with Crippen LogP contribution in [0.1, 0.15) is 46.0 Å². The Hall–Kier alpha value is -1.25. The van der Waals surface area contributed by atoms with Gasteiger partial charge in [-0.15, -0.1) is 0 Å². The molecule has 0 aliphatic carbocycles. The Balaban J connectivity index is 2.57. The number of nitrogens with one attached hydrogen (secondary N) is 2. The van der Waals surface area contributed by atoms with Crippen molar-refractivity contribution in [1.82, 2.24) is 4.98 Å². The fraction of sp³-hybridized carbons (Fsp3) is 0.643. The minimum Gasteiger partial charge on any atom is -0.387 e. The van der Waals surface area contributed by atoms with Gasteiger partial charge in [0.25, 0.3) is 0 Å². The first kappa shape index (κ1) is 13.8. The molecule has 2 N–H and O–H groups in total. The highest BCUT2D eigenvalue weighted by Crippen LogP contribution is 2.17. The molecule has 3 nitrogen and oxygen atoms in total. The molecule has 96 valence electrons. The summed E-state index contributed by atoms with van der Waals surface area (Å²) in [5.74, 6) is 0. The summed E-state index contributed by atoms with van der Waals surface area (Å²) in [7, 11) is 1.92. The van der Waals surface area contributed by atoms with Gasteiger partial charge in [-0.3, -0.25) is 4.98 Å². The number of rotatable bonds is 8. The predicted molar refractivity (Wildman–Crippen MR) is 75.6 cm³/mol. The minimum absolute atomic E-state index is 0.578. The lowest BCUT2D eigenvalue weighted by molar-refractivity contribution is 0.564. The predicted octanol–water partition coefficient (Wildman–Crippen LogP) is 3.89. The zero-order valence-electron chi connectivity index (χ0n) is 11.3. The number of anilines is 2. The topological polar surface area (TPSA) is 37.0 Å². The van der Waals surface area contributed by atoms with E-state index in [1.165, 1.54) is 32.1 Å². The average Bonchev–Trinajstić information content (AvgIpc) is 2.36. The van der Waals surface area contributed by atoms with Gasteiger partial charge >= 0.3 is 0 Å². The molecule has 0 bridgehead atoms. The molecule has 0 fully saturated rings. The molecule has 0 saturated carbocycles. The van der Waals surface area contributed by atoms with Gasteiger partial charge in [-0.1, -0.05) is 33.1 Å². The van der Waals surface area contributed by atoms with Crippen molar-refractivity contribution in [2.45, 2.75) is 52.0 Å². The van der Waals surface area contributed by atoms with Crippen LogP contribution in [0.4, 0.5) is 11.4 Å². The Kier molecular flexibility index (Phi) is 6.45. The fourth-order valence-electron chi connectivity index (χ4n) is 1.98. The molecular weight excluding hydrogens is 210 g/mol. The van der Waals surface area contributed by atoms with Crippen molar-refractivity contribution in [2.75, 3.05) is 17.7 Å². The highest BCUT2D eigenvalue weighted by atomic mass is 14.9. The Morgan fingerprint density at radius 2 is 1.88 bits per heavy atom. The third-order valence-electron chi connectivity index (χ3n) is 2.94. The second kappa shape index (κ2) is 7.93. The van der Waals surface area contributed by atoms with E-state index >= 15 is 0 Å². The fourth-order valence-corrected chi connectivity index (χ4v) is 1.98. The highest BCUT2D eigenvalue weighted by Gasteiger charge is 2.07. The van der Waals surface area contributed by atoms with E-state index in [0.717, 1.165) is 11.4 Å². The molecule has 0 radical (unpaired) electrons. The normalized spacial score (nSPS) is 12.2. The van der Waals surface area contributed by atoms with E-state index in [1.807, 2.05) is 19.4 Å². The van der Waals surface area contributed by atoms with Crippen LogP contribution in [-0.4, -0.2) is 18.1 Å². The van der Waals surface area contributed by atoms with Crippen molar-refractivity contribution >= 4 is 11.4 Å². The maximum absolute atomic E-state index is 4.22. The third kappa shape index (κ3) is 5.07. The number of aromatic nitrogens is 1. The monoisotopic (exact) mass is 235 g/mol. The third-order valence-corrected chi connectivity index (χ3v) is 2.94. The Bertz CT molecular complexity index is 312. The van der Waals surface area contributed by atoms with Gasteiger partial charge in [0.15, 0.2) is 0 Å². The molecule has 1 unspecified atom stereocenters. The van der Waals surface area contributed by atoms with Crippen LogP contribution in [0.2, 0.25) is 0 Å². The van der Waals surface area contributed by atoms with Gasteiger partial charge in [-0.25, -0.2) is 0 Å². The average molecular weight is 235 g/mol. The number of pyridine rings is 1. The molecule has 0 spiro atoms. The Morgan fingerprint density at radius 1 is 1.12 bits per heavy atom. The van der Waals surface area contributed by atoms with Gasteiger partial charge < -0.3 is 10.6 Å². The van der Waals surface area contributed by atoms with Crippen molar-refractivity contribution in [1.29, 1.82) is 0 Å². The minimum atomic E-state index is 0.578. The number of unbranched alkanes of at least 4 members (excludes halogenated alkanes) is 1. The molecule has 1 aromatic heterocycles. The molecule has 3 heteroatoms. The van der Waals surface area contributed by atoms with Crippen molar-refractivity contribution in [2.24, 2.45) is 0 Å². The summed E-state index contributed by atoms with van der Waals surface area (Å²) in [6.07, 6.45) is 9.98. The van der Waals surface area contributed by atoms with Crippen molar-refractivity contribution in [3.05, 3.63) is 18.5 Å². The Morgan fingerprint density at radius 3 is 2.53 bits per heavy atom. The van der Waals surface area contributed by atoms with Crippen molar-refractivity contribution in [3.63, 3.8) is 0 Å². The zero-order chi connectivity index (χ0) is 12.5. The number of hydrogen-bond acceptors (Lipinski definition) is 3. The number of nitrogens with zero attached hydrogens (tertiary/aromatic N) is 1. The molecule has 1 atom stereocenters. The van der Waals surface area contributed by atoms with E-state index in [9.17, 15) is 0 Å². The van der Waals surface area contributed by atoms with Gasteiger partial charge in [-0.2, -0.15) is 0 Å². The molecule has 0 aromatic carbocycles. The summed E-state index contributed by atoms with van der Waals surface area (Å²) < 4.78 is 0. The molecule has 1 rings (SSSR count). The first-order valence-electron chi connectivity index (χ1n) is 6.69. The van der Waals surface area contributed by atoms with E-state index in [0.29, 0.717) is 6.04 Å². The van der Waals surface area contributed by atoms with Crippen LogP contribution in [-0.2, 0) is 0 Å².